The summed E-state index contributed by atoms with van der Waals surface area (Å²) in [6.07, 6.45) is -4.67. The molecule has 1 spiro atoms. The Morgan fingerprint density at radius 1 is 0.537 bits per heavy atom. The molecule has 3 heterocycles. The second-order valence-electron chi connectivity index (χ2n) is 28.7. The third-order valence-electron chi connectivity index (χ3n) is 22.4. The monoisotopic (exact) mass is 1370 g/mol. The third-order valence-corrected chi connectivity index (χ3v) is 22.9. The smallest absolute Gasteiger partial charge is 0.351 e. The normalized spacial score (nSPS) is 34.1. The molecule has 0 radical (unpaired) electrons. The molecular formula is C66H102ClF6N11O11. The van der Waals surface area contributed by atoms with Gasteiger partial charge in [-0.1, -0.05) is 46.0 Å². The summed E-state index contributed by atoms with van der Waals surface area (Å²) in [6.45, 7) is 9.55. The molecular weight excluding hydrogens is 1270 g/mol. The maximum Gasteiger partial charge on any atom is 0.393 e. The molecule has 7 fully saturated rings. The molecule has 7 rings (SSSR count). The Morgan fingerprint density at radius 2 is 1.11 bits per heavy atom. The van der Waals surface area contributed by atoms with Crippen molar-refractivity contribution in [1.82, 2.24) is 56.0 Å². The number of rotatable bonds is 8. The Kier molecular flexibility index (Phi) is 25.9. The van der Waals surface area contributed by atoms with Gasteiger partial charge in [0, 0.05) is 59.1 Å². The number of likely N-dealkylation sites (N-methyl/N-ethyl adjacent to an activating group) is 4. The number of hydrogen-bond acceptors (Lipinski definition) is 11. The van der Waals surface area contributed by atoms with E-state index in [2.05, 4.69) is 26.6 Å². The minimum absolute atomic E-state index is 0.0355. The molecule has 0 aromatic rings. The predicted octanol–water partition coefficient (Wildman–Crippen LogP) is 6.10. The number of halogens is 7. The number of amides is 11. The fourth-order valence-corrected chi connectivity index (χ4v) is 16.0. The molecule has 3 saturated heterocycles. The zero-order chi connectivity index (χ0) is 70.3. The number of nitrogens with one attached hydrogen (secondary N) is 5. The molecule has 5 N–H and O–H groups in total. The van der Waals surface area contributed by atoms with E-state index in [9.17, 15) is 69.5 Å². The van der Waals surface area contributed by atoms with Crippen LogP contribution in [-0.4, -0.2) is 219 Å². The lowest BCUT2D eigenvalue weighted by Gasteiger charge is -2.43. The highest BCUT2D eigenvalue weighted by Gasteiger charge is 2.52. The van der Waals surface area contributed by atoms with Gasteiger partial charge in [-0.25, -0.2) is 0 Å². The Hall–Kier alpha value is -5.96. The quantitative estimate of drug-likeness (QED) is 0.137. The largest absolute Gasteiger partial charge is 0.393 e. The minimum Gasteiger partial charge on any atom is -0.351 e. The lowest BCUT2D eigenvalue weighted by molar-refractivity contribution is -0.184. The standard InChI is InChI=1S/C66H102ClF6N11O11/c1-11-36(2)52-62(94)81(9)40(6)59(91)84-32-28-50(84)56(88)76-48(35-42-20-24-44(25-21-42)65(68,69)70)60(92)80(8)39(5)54(86)75-47(27-23-41-22-26-45(46(67)34-41)66(71,72)73)61(93)83-31-16-19-49(83)57(89)78-64(29-14-15-30-64)63(95)82(10)53(43-17-12-13-18-43)58(90)74-37(3)33-51(85)79(7)38(4)55(87)77-52/h36-50,52-53H,11-35H2,1-10H3,(H,74,90)(H,75,86)(H,76,88)(H,77,87)(H,78,89)/t36-,37+,38-,39+,40-,41?,42?,44?,45?,46?,47-,48-,49-,50-,52-,53-/m0/s1. The van der Waals surface area contributed by atoms with Gasteiger partial charge in [0.25, 0.3) is 0 Å². The second kappa shape index (κ2) is 32.1. The van der Waals surface area contributed by atoms with Crippen molar-refractivity contribution in [2.45, 2.75) is 273 Å². The third kappa shape index (κ3) is 18.0. The summed E-state index contributed by atoms with van der Waals surface area (Å²) in [4.78, 5) is 168. The van der Waals surface area contributed by atoms with Gasteiger partial charge in [-0.05, 0) is 161 Å². The Labute approximate surface area is 559 Å². The van der Waals surface area contributed by atoms with Gasteiger partial charge in [-0.2, -0.15) is 26.3 Å². The molecule has 11 amide bonds. The van der Waals surface area contributed by atoms with Crippen LogP contribution in [0.5, 0.6) is 0 Å². The Balaban J connectivity index is 1.22. The van der Waals surface area contributed by atoms with Gasteiger partial charge in [-0.15, -0.1) is 11.6 Å². The van der Waals surface area contributed by atoms with E-state index in [0.717, 1.165) is 22.6 Å². The summed E-state index contributed by atoms with van der Waals surface area (Å²) < 4.78 is 83.6. The van der Waals surface area contributed by atoms with Crippen LogP contribution in [0, 0.1) is 35.5 Å². The molecule has 3 unspecified atom stereocenters. The van der Waals surface area contributed by atoms with Crippen LogP contribution in [0.25, 0.3) is 0 Å². The molecule has 22 nitrogen and oxygen atoms in total. The molecule has 29 heteroatoms. The average Bonchev–Trinajstić information content (AvgIpc) is 1.80. The van der Waals surface area contributed by atoms with Crippen LogP contribution in [-0.2, 0) is 52.7 Å². The van der Waals surface area contributed by atoms with Crippen molar-refractivity contribution >= 4 is 76.6 Å². The van der Waals surface area contributed by atoms with Gasteiger partial charge in [0.05, 0.1) is 11.8 Å². The minimum atomic E-state index is -4.54. The summed E-state index contributed by atoms with van der Waals surface area (Å²) in [5.74, 6) is -12.4. The summed E-state index contributed by atoms with van der Waals surface area (Å²) in [5.41, 5.74) is -1.51. The SMILES string of the molecule is CC[C@H](C)[C@@H]1NC(=O)[C@H](C)N(C)C(=O)C[C@@H](C)NC(=O)[C@H](C2CCCC2)N(C)C(=O)C2(CCCC2)NC(=O)[C@@H]2CCCN2C(=O)[C@H](CCC2CCC(C(F)(F)F)C(Cl)C2)NC(=O)[C@@H](C)N(C)C(=O)[C@H](CC2CCC(C(F)(F)F)CC2)NC(=O)[C@@H]2CCN2C(=O)[C@H](C)N(C)C1=O. The van der Waals surface area contributed by atoms with Crippen LogP contribution in [0.2, 0.25) is 0 Å². The molecule has 7 aliphatic rings. The summed E-state index contributed by atoms with van der Waals surface area (Å²) in [6, 6.07) is -12.0. The van der Waals surface area contributed by atoms with Gasteiger partial charge in [0.15, 0.2) is 0 Å². The second-order valence-corrected chi connectivity index (χ2v) is 29.2. The predicted molar refractivity (Wildman–Crippen MR) is 339 cm³/mol. The lowest BCUT2D eigenvalue weighted by atomic mass is 9.78. The number of alkyl halides is 7. The van der Waals surface area contributed by atoms with Crippen molar-refractivity contribution in [2.75, 3.05) is 41.3 Å². The van der Waals surface area contributed by atoms with Gasteiger partial charge < -0.3 is 56.0 Å². The van der Waals surface area contributed by atoms with E-state index in [1.165, 1.54) is 68.6 Å². The highest BCUT2D eigenvalue weighted by atomic mass is 35.5. The van der Waals surface area contributed by atoms with E-state index in [4.69, 9.17) is 11.6 Å². The molecule has 536 valence electrons. The molecule has 14 atom stereocenters. The summed E-state index contributed by atoms with van der Waals surface area (Å²) >= 11 is 6.37. The highest BCUT2D eigenvalue weighted by molar-refractivity contribution is 6.20. The van der Waals surface area contributed by atoms with Crippen molar-refractivity contribution in [3.8, 4) is 0 Å². The lowest BCUT2D eigenvalue weighted by Crippen LogP contribution is -2.65. The average molecular weight is 1380 g/mol. The molecule has 3 aliphatic heterocycles. The zero-order valence-electron chi connectivity index (χ0n) is 56.8. The molecule has 0 aromatic heterocycles. The van der Waals surface area contributed by atoms with Crippen LogP contribution in [0.4, 0.5) is 26.3 Å². The van der Waals surface area contributed by atoms with Gasteiger partial charge in [-0.3, -0.25) is 52.7 Å². The van der Waals surface area contributed by atoms with Crippen molar-refractivity contribution < 1.29 is 79.1 Å². The number of carbonyl (C=O) groups is 11. The maximum absolute atomic E-state index is 15.2. The van der Waals surface area contributed by atoms with E-state index < -0.39 is 178 Å². The van der Waals surface area contributed by atoms with Crippen molar-refractivity contribution in [3.63, 3.8) is 0 Å². The molecule has 0 bridgehead atoms. The number of carbonyl (C=O) groups excluding carboxylic acids is 11. The first-order valence-electron chi connectivity index (χ1n) is 34.5. The van der Waals surface area contributed by atoms with Gasteiger partial charge >= 0.3 is 12.4 Å². The van der Waals surface area contributed by atoms with Gasteiger partial charge in [0.2, 0.25) is 65.0 Å². The number of nitrogens with zero attached hydrogens (tertiary/aromatic N) is 6. The first-order valence-corrected chi connectivity index (χ1v) is 34.9. The molecule has 4 aliphatic carbocycles. The highest BCUT2D eigenvalue weighted by Crippen LogP contribution is 2.45. The van der Waals surface area contributed by atoms with Crippen molar-refractivity contribution in [1.29, 1.82) is 0 Å². The molecule has 4 saturated carbocycles. The topological polar surface area (TPSA) is 267 Å². The van der Waals surface area contributed by atoms with E-state index in [0.29, 0.717) is 38.5 Å². The zero-order valence-corrected chi connectivity index (χ0v) is 57.6. The fourth-order valence-electron chi connectivity index (χ4n) is 15.5. The van der Waals surface area contributed by atoms with Crippen LogP contribution in [0.3, 0.4) is 0 Å². The fraction of sp³-hybridized carbons (Fsp3) is 0.833. The Bertz CT molecular complexity index is 2800. The van der Waals surface area contributed by atoms with E-state index >= 15 is 9.59 Å². The number of fused-ring (bicyclic) bond motifs is 2. The van der Waals surface area contributed by atoms with Crippen LogP contribution in [0.1, 0.15) is 189 Å². The van der Waals surface area contributed by atoms with Crippen LogP contribution < -0.4 is 26.6 Å². The van der Waals surface area contributed by atoms with Gasteiger partial charge in [0.1, 0.15) is 59.9 Å². The molecule has 0 aromatic carbocycles. The summed E-state index contributed by atoms with van der Waals surface area (Å²) in [5, 5.41) is 13.0. The Morgan fingerprint density at radius 3 is 1.68 bits per heavy atom. The van der Waals surface area contributed by atoms with E-state index in [1.54, 1.807) is 20.8 Å². The van der Waals surface area contributed by atoms with Crippen molar-refractivity contribution in [2.24, 2.45) is 35.5 Å². The maximum atomic E-state index is 15.2. The van der Waals surface area contributed by atoms with Crippen LogP contribution >= 0.6 is 11.6 Å². The van der Waals surface area contributed by atoms with E-state index in [1.807, 2.05) is 0 Å². The first-order chi connectivity index (χ1) is 44.5. The number of hydrogen-bond donors (Lipinski definition) is 5. The van der Waals surface area contributed by atoms with E-state index in [-0.39, 0.29) is 115 Å². The van der Waals surface area contributed by atoms with Crippen molar-refractivity contribution in [3.05, 3.63) is 0 Å². The molecule has 95 heavy (non-hydrogen) atoms. The summed E-state index contributed by atoms with van der Waals surface area (Å²) in [7, 11) is 5.58. The first kappa shape index (κ1) is 76.4. The van der Waals surface area contributed by atoms with Crippen LogP contribution in [0.15, 0.2) is 0 Å².